The van der Waals surface area contributed by atoms with Crippen LogP contribution in [0.3, 0.4) is 0 Å². The van der Waals surface area contributed by atoms with Crippen molar-refractivity contribution < 1.29 is 9.53 Å². The number of nitrogens with two attached hydrogens (primary N) is 1. The zero-order chi connectivity index (χ0) is 12.7. The van der Waals surface area contributed by atoms with Crippen LogP contribution in [0.4, 0.5) is 0 Å². The number of ether oxygens (including phenoxy) is 1. The number of hydrogen-bond donors (Lipinski definition) is 1. The van der Waals surface area contributed by atoms with Gasteiger partial charge < -0.3 is 10.5 Å². The summed E-state index contributed by atoms with van der Waals surface area (Å²) < 4.78 is 5.27. The zero-order valence-corrected chi connectivity index (χ0v) is 12.5. The molecule has 0 aliphatic heterocycles. The van der Waals surface area contributed by atoms with Crippen molar-refractivity contribution in [2.45, 2.75) is 52.4 Å². The Balaban J connectivity index is 0.00000289. The Labute approximate surface area is 117 Å². The highest BCUT2D eigenvalue weighted by molar-refractivity contribution is 5.85. The molecule has 18 heavy (non-hydrogen) atoms. The molecule has 2 N–H and O–H groups in total. The summed E-state index contributed by atoms with van der Waals surface area (Å²) in [4.78, 5) is 11.6. The summed E-state index contributed by atoms with van der Waals surface area (Å²) in [5.41, 5.74) is 5.67. The highest BCUT2D eigenvalue weighted by Crippen LogP contribution is 2.29. The number of carbonyl (C=O) groups excluding carboxylic acids is 1. The maximum absolute atomic E-state index is 11.6. The van der Waals surface area contributed by atoms with Crippen molar-refractivity contribution in [3.63, 3.8) is 0 Å². The van der Waals surface area contributed by atoms with Crippen LogP contribution in [-0.4, -0.2) is 19.1 Å². The van der Waals surface area contributed by atoms with Crippen LogP contribution in [0, 0.1) is 17.8 Å². The fourth-order valence-electron chi connectivity index (χ4n) is 2.35. The molecule has 0 amide bonds. The molecule has 4 heteroatoms. The Kier molecular flexibility index (Phi) is 9.47. The molecule has 1 aliphatic carbocycles. The number of halogens is 1. The average Bonchev–Trinajstić information content (AvgIpc) is 2.20. The lowest BCUT2D eigenvalue weighted by molar-refractivity contribution is -0.145. The van der Waals surface area contributed by atoms with Crippen molar-refractivity contribution in [2.24, 2.45) is 23.5 Å². The lowest BCUT2D eigenvalue weighted by atomic mass is 9.83. The molecule has 0 unspecified atom stereocenters. The molecule has 0 aromatic carbocycles. The molecule has 0 saturated heterocycles. The van der Waals surface area contributed by atoms with E-state index in [4.69, 9.17) is 10.5 Å². The van der Waals surface area contributed by atoms with Gasteiger partial charge in [-0.15, -0.1) is 12.4 Å². The molecule has 1 aliphatic rings. The highest BCUT2D eigenvalue weighted by Gasteiger charge is 2.18. The van der Waals surface area contributed by atoms with E-state index in [1.165, 1.54) is 19.3 Å². The molecule has 0 aromatic heterocycles. The lowest BCUT2D eigenvalue weighted by Crippen LogP contribution is -2.22. The van der Waals surface area contributed by atoms with Crippen molar-refractivity contribution in [3.05, 3.63) is 0 Å². The second kappa shape index (κ2) is 9.62. The van der Waals surface area contributed by atoms with E-state index in [-0.39, 0.29) is 24.3 Å². The predicted octanol–water partition coefficient (Wildman–Crippen LogP) is 3.15. The summed E-state index contributed by atoms with van der Waals surface area (Å²) in [7, 11) is 0. The molecular formula is C14H28ClNO2. The smallest absolute Gasteiger partial charge is 0.306 e. The third-order valence-corrected chi connectivity index (χ3v) is 3.61. The van der Waals surface area contributed by atoms with E-state index in [2.05, 4.69) is 13.8 Å². The van der Waals surface area contributed by atoms with Gasteiger partial charge in [-0.05, 0) is 37.1 Å². The van der Waals surface area contributed by atoms with Crippen LogP contribution < -0.4 is 5.73 Å². The second-order valence-corrected chi connectivity index (χ2v) is 5.74. The summed E-state index contributed by atoms with van der Waals surface area (Å²) in [5, 5.41) is 0. The highest BCUT2D eigenvalue weighted by atomic mass is 35.5. The first-order chi connectivity index (χ1) is 8.11. The topological polar surface area (TPSA) is 52.3 Å². The Bertz CT molecular complexity index is 230. The Hall–Kier alpha value is -0.280. The number of carbonyl (C=O) groups is 1. The molecule has 0 bridgehead atoms. The third-order valence-electron chi connectivity index (χ3n) is 3.61. The van der Waals surface area contributed by atoms with Crippen LogP contribution in [-0.2, 0) is 9.53 Å². The molecule has 0 radical (unpaired) electrons. The van der Waals surface area contributed by atoms with Crippen LogP contribution in [0.25, 0.3) is 0 Å². The van der Waals surface area contributed by atoms with E-state index in [9.17, 15) is 4.79 Å². The summed E-state index contributed by atoms with van der Waals surface area (Å²) in [6.45, 7) is 5.49. The van der Waals surface area contributed by atoms with E-state index >= 15 is 0 Å². The van der Waals surface area contributed by atoms with Gasteiger partial charge in [-0.2, -0.15) is 0 Å². The fraction of sp³-hybridized carbons (Fsp3) is 0.929. The molecule has 1 rings (SSSR count). The second-order valence-electron chi connectivity index (χ2n) is 5.74. The first kappa shape index (κ1) is 17.7. The fourth-order valence-corrected chi connectivity index (χ4v) is 2.35. The zero-order valence-electron chi connectivity index (χ0n) is 11.7. The molecule has 0 spiro atoms. The van der Waals surface area contributed by atoms with Crippen molar-refractivity contribution in [1.82, 2.24) is 0 Å². The van der Waals surface area contributed by atoms with Crippen LogP contribution in [0.5, 0.6) is 0 Å². The maximum Gasteiger partial charge on any atom is 0.306 e. The van der Waals surface area contributed by atoms with Crippen molar-refractivity contribution in [1.29, 1.82) is 0 Å². The minimum absolute atomic E-state index is 0. The number of rotatable bonds is 8. The van der Waals surface area contributed by atoms with Gasteiger partial charge in [0, 0.05) is 6.42 Å². The van der Waals surface area contributed by atoms with Crippen LogP contribution >= 0.6 is 12.4 Å². The first-order valence-electron chi connectivity index (χ1n) is 6.97. The van der Waals surface area contributed by atoms with Gasteiger partial charge in [0.1, 0.15) is 0 Å². The average molecular weight is 278 g/mol. The van der Waals surface area contributed by atoms with E-state index in [0.717, 1.165) is 18.8 Å². The SMILES string of the molecule is CC(C)C[C@H](CN)CC(=O)OCCC1CCC1.Cl. The van der Waals surface area contributed by atoms with Gasteiger partial charge in [0.25, 0.3) is 0 Å². The van der Waals surface area contributed by atoms with Crippen LogP contribution in [0.2, 0.25) is 0 Å². The van der Waals surface area contributed by atoms with Gasteiger partial charge in [-0.1, -0.05) is 33.1 Å². The Morgan fingerprint density at radius 1 is 1.39 bits per heavy atom. The molecule has 3 nitrogen and oxygen atoms in total. The summed E-state index contributed by atoms with van der Waals surface area (Å²) in [6.07, 6.45) is 6.52. The molecule has 0 aromatic rings. The number of esters is 1. The quantitative estimate of drug-likeness (QED) is 0.694. The van der Waals surface area contributed by atoms with Gasteiger partial charge in [0.05, 0.1) is 6.61 Å². The monoisotopic (exact) mass is 277 g/mol. The predicted molar refractivity (Wildman–Crippen MR) is 76.8 cm³/mol. The lowest BCUT2D eigenvalue weighted by Gasteiger charge is -2.25. The molecular weight excluding hydrogens is 250 g/mol. The summed E-state index contributed by atoms with van der Waals surface area (Å²) in [5.74, 6) is 1.61. The molecule has 1 atom stereocenters. The molecule has 0 heterocycles. The van der Waals surface area contributed by atoms with Crippen LogP contribution in [0.15, 0.2) is 0 Å². The van der Waals surface area contributed by atoms with E-state index in [1.54, 1.807) is 0 Å². The summed E-state index contributed by atoms with van der Waals surface area (Å²) in [6, 6.07) is 0. The van der Waals surface area contributed by atoms with Gasteiger partial charge in [0.15, 0.2) is 0 Å². The van der Waals surface area contributed by atoms with Crippen molar-refractivity contribution in [2.75, 3.05) is 13.2 Å². The van der Waals surface area contributed by atoms with E-state index in [0.29, 0.717) is 25.5 Å². The third kappa shape index (κ3) is 7.22. The first-order valence-corrected chi connectivity index (χ1v) is 6.97. The Morgan fingerprint density at radius 2 is 2.06 bits per heavy atom. The van der Waals surface area contributed by atoms with E-state index < -0.39 is 0 Å². The van der Waals surface area contributed by atoms with Crippen LogP contribution in [0.1, 0.15) is 52.4 Å². The van der Waals surface area contributed by atoms with Crippen molar-refractivity contribution in [3.8, 4) is 0 Å². The van der Waals surface area contributed by atoms with Gasteiger partial charge in [0.2, 0.25) is 0 Å². The maximum atomic E-state index is 11.6. The number of hydrogen-bond acceptors (Lipinski definition) is 3. The largest absolute Gasteiger partial charge is 0.466 e. The Morgan fingerprint density at radius 3 is 2.50 bits per heavy atom. The van der Waals surface area contributed by atoms with Gasteiger partial charge >= 0.3 is 5.97 Å². The van der Waals surface area contributed by atoms with E-state index in [1.807, 2.05) is 0 Å². The minimum atomic E-state index is -0.0691. The van der Waals surface area contributed by atoms with Gasteiger partial charge in [-0.3, -0.25) is 4.79 Å². The standard InChI is InChI=1S/C14H27NO2.ClH/c1-11(2)8-13(10-15)9-14(16)17-7-6-12-4-3-5-12;/h11-13H,3-10,15H2,1-2H3;1H/t13-;/m0./s1. The minimum Gasteiger partial charge on any atom is -0.466 e. The van der Waals surface area contributed by atoms with Crippen molar-refractivity contribution >= 4 is 18.4 Å². The molecule has 1 saturated carbocycles. The molecule has 1 fully saturated rings. The molecule has 108 valence electrons. The summed E-state index contributed by atoms with van der Waals surface area (Å²) >= 11 is 0. The normalized spacial score (nSPS) is 16.9. The van der Waals surface area contributed by atoms with Gasteiger partial charge in [-0.25, -0.2) is 0 Å².